The van der Waals surface area contributed by atoms with Crippen LogP contribution in [0.1, 0.15) is 46.7 Å². The molecule has 2 aromatic heterocycles. The number of aryl methyl sites for hydroxylation is 2. The quantitative estimate of drug-likeness (QED) is 0.178. The molecule has 0 bridgehead atoms. The maximum absolute atomic E-state index is 12.0. The number of carboxylic acids is 1. The number of H-pyrrole nitrogens is 1. The Hall–Kier alpha value is -4.00. The Labute approximate surface area is 251 Å². The van der Waals surface area contributed by atoms with E-state index >= 15 is 0 Å². The van der Waals surface area contributed by atoms with Crippen LogP contribution in [0.15, 0.2) is 90.4 Å². The molecule has 5 nitrogen and oxygen atoms in total. The molecule has 3 heterocycles. The van der Waals surface area contributed by atoms with Crippen LogP contribution in [0.4, 0.5) is 0 Å². The van der Waals surface area contributed by atoms with E-state index in [4.69, 9.17) is 4.98 Å². The fraction of sp³-hybridized carbons (Fsp3) is 0.278. The first-order valence-corrected chi connectivity index (χ1v) is 15.6. The molecule has 6 heteroatoms. The van der Waals surface area contributed by atoms with Crippen molar-refractivity contribution in [2.24, 2.45) is 5.92 Å². The standard InChI is InChI=1S/C36H37N3O2S/c1-24(2)17-26-10-7-25(8-11-26)9-12-27-18-32(37-20-27)28-13-15-29(16-14-28)33-23-42-35(38-33)22-39-21-31-6-4-3-5-30(31)19-34(39)36(40)41/h3-8,10-11,13-16,18,20,23-24,34,37H,9,12,17,19,21-22H2,1-2H3,(H,40,41). The molecule has 6 rings (SSSR count). The molecular weight excluding hydrogens is 538 g/mol. The number of aromatic nitrogens is 2. The van der Waals surface area contributed by atoms with Gasteiger partial charge in [0.05, 0.1) is 12.2 Å². The van der Waals surface area contributed by atoms with Crippen molar-refractivity contribution in [3.05, 3.63) is 123 Å². The Morgan fingerprint density at radius 2 is 1.64 bits per heavy atom. The van der Waals surface area contributed by atoms with Gasteiger partial charge in [-0.25, -0.2) is 4.98 Å². The van der Waals surface area contributed by atoms with Crippen LogP contribution < -0.4 is 0 Å². The smallest absolute Gasteiger partial charge is 0.321 e. The SMILES string of the molecule is CC(C)Cc1ccc(CCc2c[nH]c(-c3ccc(-c4csc(CN5Cc6ccccc6CC5C(=O)O)n4)cc3)c2)cc1. The van der Waals surface area contributed by atoms with E-state index in [-0.39, 0.29) is 0 Å². The number of thiazole rings is 1. The summed E-state index contributed by atoms with van der Waals surface area (Å²) in [5.41, 5.74) is 10.7. The fourth-order valence-corrected chi connectivity index (χ4v) is 6.68. The molecule has 3 aromatic carbocycles. The van der Waals surface area contributed by atoms with Gasteiger partial charge in [-0.05, 0) is 71.0 Å². The number of nitrogens with one attached hydrogen (secondary N) is 1. The lowest BCUT2D eigenvalue weighted by Gasteiger charge is -2.33. The lowest BCUT2D eigenvalue weighted by molar-refractivity contribution is -0.144. The summed E-state index contributed by atoms with van der Waals surface area (Å²) in [6, 6.07) is 27.4. The van der Waals surface area contributed by atoms with Crippen molar-refractivity contribution in [3.63, 3.8) is 0 Å². The minimum absolute atomic E-state index is 0.525. The van der Waals surface area contributed by atoms with Crippen molar-refractivity contribution in [1.29, 1.82) is 0 Å². The molecule has 42 heavy (non-hydrogen) atoms. The van der Waals surface area contributed by atoms with Gasteiger partial charge in [0.25, 0.3) is 0 Å². The number of fused-ring (bicyclic) bond motifs is 1. The van der Waals surface area contributed by atoms with Crippen LogP contribution in [0.3, 0.4) is 0 Å². The molecule has 1 atom stereocenters. The molecule has 1 aliphatic heterocycles. The number of aromatic amines is 1. The number of aliphatic carboxylic acids is 1. The van der Waals surface area contributed by atoms with E-state index in [0.29, 0.717) is 25.4 Å². The van der Waals surface area contributed by atoms with Gasteiger partial charge in [0.2, 0.25) is 0 Å². The lowest BCUT2D eigenvalue weighted by atomic mass is 9.94. The third-order valence-corrected chi connectivity index (χ3v) is 8.96. The molecule has 214 valence electrons. The zero-order chi connectivity index (χ0) is 29.1. The average molecular weight is 576 g/mol. The van der Waals surface area contributed by atoms with Crippen molar-refractivity contribution in [2.45, 2.75) is 58.7 Å². The highest BCUT2D eigenvalue weighted by molar-refractivity contribution is 7.09. The topological polar surface area (TPSA) is 69.2 Å². The van der Waals surface area contributed by atoms with Crippen LogP contribution in [-0.4, -0.2) is 32.0 Å². The molecule has 1 unspecified atom stereocenters. The van der Waals surface area contributed by atoms with Crippen molar-refractivity contribution in [1.82, 2.24) is 14.9 Å². The number of nitrogens with zero attached hydrogens (tertiary/aromatic N) is 2. The molecule has 0 amide bonds. The van der Waals surface area contributed by atoms with Gasteiger partial charge in [-0.15, -0.1) is 11.3 Å². The highest BCUT2D eigenvalue weighted by atomic mass is 32.1. The van der Waals surface area contributed by atoms with Gasteiger partial charge in [-0.3, -0.25) is 9.69 Å². The van der Waals surface area contributed by atoms with Crippen molar-refractivity contribution < 1.29 is 9.90 Å². The number of rotatable bonds is 10. The van der Waals surface area contributed by atoms with E-state index in [9.17, 15) is 9.90 Å². The summed E-state index contributed by atoms with van der Waals surface area (Å²) < 4.78 is 0. The third kappa shape index (κ3) is 6.56. The molecule has 0 fully saturated rings. The van der Waals surface area contributed by atoms with Gasteiger partial charge >= 0.3 is 5.97 Å². The normalized spacial score (nSPS) is 15.2. The first kappa shape index (κ1) is 28.1. The number of carbonyl (C=O) groups is 1. The summed E-state index contributed by atoms with van der Waals surface area (Å²) >= 11 is 1.59. The molecule has 0 radical (unpaired) electrons. The van der Waals surface area contributed by atoms with Gasteiger partial charge < -0.3 is 10.1 Å². The second-order valence-electron chi connectivity index (χ2n) is 11.8. The number of hydrogen-bond donors (Lipinski definition) is 2. The summed E-state index contributed by atoms with van der Waals surface area (Å²) in [7, 11) is 0. The van der Waals surface area contributed by atoms with E-state index in [1.165, 1.54) is 22.3 Å². The highest BCUT2D eigenvalue weighted by Gasteiger charge is 2.31. The van der Waals surface area contributed by atoms with Gasteiger partial charge in [0.1, 0.15) is 11.0 Å². The monoisotopic (exact) mass is 575 g/mol. The molecule has 0 spiro atoms. The molecule has 2 N–H and O–H groups in total. The van der Waals surface area contributed by atoms with Crippen LogP contribution >= 0.6 is 11.3 Å². The van der Waals surface area contributed by atoms with Gasteiger partial charge in [-0.1, -0.05) is 86.6 Å². The average Bonchev–Trinajstić information content (AvgIpc) is 3.66. The van der Waals surface area contributed by atoms with Gasteiger partial charge in [0.15, 0.2) is 0 Å². The summed E-state index contributed by atoms with van der Waals surface area (Å²) in [5, 5.41) is 12.9. The Balaban J connectivity index is 1.07. The van der Waals surface area contributed by atoms with Crippen LogP contribution in [-0.2, 0) is 43.6 Å². The summed E-state index contributed by atoms with van der Waals surface area (Å²) in [4.78, 5) is 22.4. The Kier molecular flexibility index (Phi) is 8.36. The Bertz CT molecular complexity index is 1650. The van der Waals surface area contributed by atoms with Crippen molar-refractivity contribution in [2.75, 3.05) is 0 Å². The molecule has 5 aromatic rings. The molecule has 0 saturated carbocycles. The van der Waals surface area contributed by atoms with Gasteiger partial charge in [-0.2, -0.15) is 0 Å². The van der Waals surface area contributed by atoms with E-state index in [2.05, 4.69) is 91.1 Å². The first-order valence-electron chi connectivity index (χ1n) is 14.8. The summed E-state index contributed by atoms with van der Waals surface area (Å²) in [6.45, 7) is 5.67. The second-order valence-corrected chi connectivity index (χ2v) is 12.7. The van der Waals surface area contributed by atoms with E-state index in [0.717, 1.165) is 52.3 Å². The molecule has 0 aliphatic carbocycles. The lowest BCUT2D eigenvalue weighted by Crippen LogP contribution is -2.44. The molecular formula is C36H37N3O2S. The minimum Gasteiger partial charge on any atom is -0.480 e. The number of carboxylic acid groups (broad SMARTS) is 1. The minimum atomic E-state index is -0.778. The molecule has 1 aliphatic rings. The fourth-order valence-electron chi connectivity index (χ4n) is 5.85. The number of benzene rings is 3. The number of hydrogen-bond acceptors (Lipinski definition) is 4. The van der Waals surface area contributed by atoms with Crippen LogP contribution in [0.25, 0.3) is 22.5 Å². The van der Waals surface area contributed by atoms with Gasteiger partial charge in [0, 0.05) is 29.4 Å². The maximum atomic E-state index is 12.0. The summed E-state index contributed by atoms with van der Waals surface area (Å²) in [5.74, 6) is -0.0976. The summed E-state index contributed by atoms with van der Waals surface area (Å²) in [6.07, 6.45) is 5.81. The zero-order valence-electron chi connectivity index (χ0n) is 24.2. The van der Waals surface area contributed by atoms with E-state index in [1.54, 1.807) is 11.3 Å². The van der Waals surface area contributed by atoms with Crippen LogP contribution in [0, 0.1) is 5.92 Å². The van der Waals surface area contributed by atoms with Crippen LogP contribution in [0.2, 0.25) is 0 Å². The second kappa shape index (κ2) is 12.5. The predicted octanol–water partition coefficient (Wildman–Crippen LogP) is 7.80. The maximum Gasteiger partial charge on any atom is 0.321 e. The Morgan fingerprint density at radius 1 is 0.952 bits per heavy atom. The zero-order valence-corrected chi connectivity index (χ0v) is 25.0. The highest BCUT2D eigenvalue weighted by Crippen LogP contribution is 2.29. The first-order chi connectivity index (χ1) is 20.4. The Morgan fingerprint density at radius 3 is 2.38 bits per heavy atom. The van der Waals surface area contributed by atoms with Crippen LogP contribution in [0.5, 0.6) is 0 Å². The largest absolute Gasteiger partial charge is 0.480 e. The predicted molar refractivity (Wildman–Crippen MR) is 171 cm³/mol. The third-order valence-electron chi connectivity index (χ3n) is 8.12. The van der Waals surface area contributed by atoms with Crippen molar-refractivity contribution in [3.8, 4) is 22.5 Å². The van der Waals surface area contributed by atoms with E-state index < -0.39 is 12.0 Å². The van der Waals surface area contributed by atoms with Crippen molar-refractivity contribution >= 4 is 17.3 Å². The van der Waals surface area contributed by atoms with E-state index in [1.807, 2.05) is 23.1 Å². The molecule has 0 saturated heterocycles.